The maximum Gasteiger partial charge on any atom is 0.278 e. The van der Waals surface area contributed by atoms with E-state index in [9.17, 15) is 10.1 Å². The van der Waals surface area contributed by atoms with Gasteiger partial charge in [0.1, 0.15) is 0 Å². The smallest absolute Gasteiger partial charge is 0.278 e. The van der Waals surface area contributed by atoms with Crippen molar-refractivity contribution in [3.63, 3.8) is 0 Å². The van der Waals surface area contributed by atoms with Crippen molar-refractivity contribution >= 4 is 0 Å². The van der Waals surface area contributed by atoms with Crippen LogP contribution in [0.1, 0.15) is 0 Å². The molecule has 5 nitrogen and oxygen atoms in total. The van der Waals surface area contributed by atoms with E-state index in [2.05, 4.69) is 5.32 Å². The molecule has 1 unspecified atom stereocenters. The number of rotatable bonds is 1. The van der Waals surface area contributed by atoms with Gasteiger partial charge in [-0.15, -0.1) is 0 Å². The molecular weight excluding hydrogens is 134 g/mol. The zero-order chi connectivity index (χ0) is 7.56. The summed E-state index contributed by atoms with van der Waals surface area (Å²) >= 11 is 0. The number of nitro groups is 1. The third-order valence-electron chi connectivity index (χ3n) is 1.47. The standard InChI is InChI=1S/C5H10N3O2/c1-7-3-2-6-5(4-7)8(9)10/h3,5-6H,2,4H2,1H3. The molecule has 0 aliphatic carbocycles. The van der Waals surface area contributed by atoms with Crippen molar-refractivity contribution < 1.29 is 4.92 Å². The van der Waals surface area contributed by atoms with Crippen LogP contribution in [0, 0.1) is 16.7 Å². The van der Waals surface area contributed by atoms with Gasteiger partial charge in [0, 0.05) is 18.0 Å². The lowest BCUT2D eigenvalue weighted by atomic mass is 10.3. The molecule has 0 aromatic rings. The summed E-state index contributed by atoms with van der Waals surface area (Å²) in [7, 11) is 1.83. The van der Waals surface area contributed by atoms with E-state index >= 15 is 0 Å². The molecule has 1 rings (SSSR count). The highest BCUT2D eigenvalue weighted by Crippen LogP contribution is 1.98. The molecule has 0 amide bonds. The predicted octanol–water partition coefficient (Wildman–Crippen LogP) is -0.714. The van der Waals surface area contributed by atoms with E-state index in [0.29, 0.717) is 13.1 Å². The molecule has 1 atom stereocenters. The van der Waals surface area contributed by atoms with Crippen LogP contribution >= 0.6 is 0 Å². The number of hydrogen-bond acceptors (Lipinski definition) is 4. The molecule has 57 valence electrons. The van der Waals surface area contributed by atoms with Crippen molar-refractivity contribution in [3.05, 3.63) is 16.7 Å². The summed E-state index contributed by atoms with van der Waals surface area (Å²) in [5.41, 5.74) is 0. The quantitative estimate of drug-likeness (QED) is 0.390. The highest BCUT2D eigenvalue weighted by atomic mass is 16.6. The highest BCUT2D eigenvalue weighted by Gasteiger charge is 2.24. The van der Waals surface area contributed by atoms with Crippen LogP contribution in [-0.4, -0.2) is 36.1 Å². The minimum absolute atomic E-state index is 0.302. The third-order valence-corrected chi connectivity index (χ3v) is 1.47. The fourth-order valence-electron chi connectivity index (χ4n) is 0.898. The van der Waals surface area contributed by atoms with Crippen molar-refractivity contribution in [2.45, 2.75) is 6.17 Å². The number of likely N-dealkylation sites (N-methyl/N-ethyl adjacent to an activating group) is 1. The Hall–Kier alpha value is -0.680. The van der Waals surface area contributed by atoms with Crippen LogP contribution < -0.4 is 5.32 Å². The van der Waals surface area contributed by atoms with Gasteiger partial charge in [-0.2, -0.15) is 0 Å². The van der Waals surface area contributed by atoms with Gasteiger partial charge >= 0.3 is 0 Å². The molecule has 1 fully saturated rings. The second-order valence-corrected chi connectivity index (χ2v) is 2.33. The normalized spacial score (nSPS) is 28.3. The molecule has 0 bridgehead atoms. The molecule has 5 heteroatoms. The van der Waals surface area contributed by atoms with Crippen LogP contribution in [0.3, 0.4) is 0 Å². The SMILES string of the molecule is CN1[CH]CNC([N+](=O)[O-])C1. The molecule has 0 spiro atoms. The summed E-state index contributed by atoms with van der Waals surface area (Å²) in [5.74, 6) is 0. The number of hydrogen-bond donors (Lipinski definition) is 1. The van der Waals surface area contributed by atoms with Gasteiger partial charge in [0.05, 0.1) is 6.54 Å². The van der Waals surface area contributed by atoms with Gasteiger partial charge in [0.2, 0.25) is 0 Å². The van der Waals surface area contributed by atoms with E-state index in [-0.39, 0.29) is 4.92 Å². The van der Waals surface area contributed by atoms with E-state index < -0.39 is 6.17 Å². The van der Waals surface area contributed by atoms with Gasteiger partial charge in [-0.3, -0.25) is 20.3 Å². The Bertz CT molecular complexity index is 139. The predicted molar refractivity (Wildman–Crippen MR) is 35.7 cm³/mol. The molecule has 1 heterocycles. The zero-order valence-corrected chi connectivity index (χ0v) is 5.78. The number of piperazine rings is 1. The number of nitrogens with one attached hydrogen (secondary N) is 1. The Kier molecular flexibility index (Phi) is 2.18. The highest BCUT2D eigenvalue weighted by molar-refractivity contribution is 4.77. The van der Waals surface area contributed by atoms with Crippen molar-refractivity contribution in [1.82, 2.24) is 10.2 Å². The van der Waals surface area contributed by atoms with Crippen molar-refractivity contribution in [3.8, 4) is 0 Å². The summed E-state index contributed by atoms with van der Waals surface area (Å²) in [6, 6.07) is 0. The molecule has 0 saturated carbocycles. The van der Waals surface area contributed by atoms with E-state index in [1.807, 2.05) is 18.5 Å². The first-order chi connectivity index (χ1) is 4.70. The van der Waals surface area contributed by atoms with Gasteiger partial charge in [-0.25, -0.2) is 0 Å². The lowest BCUT2D eigenvalue weighted by molar-refractivity contribution is -0.531. The summed E-state index contributed by atoms with van der Waals surface area (Å²) in [4.78, 5) is 11.7. The molecule has 1 radical (unpaired) electrons. The summed E-state index contributed by atoms with van der Waals surface area (Å²) in [6.07, 6.45) is -0.602. The van der Waals surface area contributed by atoms with Crippen molar-refractivity contribution in [2.75, 3.05) is 20.1 Å². The van der Waals surface area contributed by atoms with Gasteiger partial charge in [0.25, 0.3) is 6.17 Å². The summed E-state index contributed by atoms with van der Waals surface area (Å²) in [5, 5.41) is 13.0. The minimum atomic E-state index is -0.602. The lowest BCUT2D eigenvalue weighted by Crippen LogP contribution is -2.50. The average molecular weight is 144 g/mol. The molecule has 1 aliphatic heterocycles. The Morgan fingerprint density at radius 2 is 2.60 bits per heavy atom. The second-order valence-electron chi connectivity index (χ2n) is 2.33. The van der Waals surface area contributed by atoms with Crippen LogP contribution in [0.4, 0.5) is 0 Å². The maximum atomic E-state index is 10.2. The summed E-state index contributed by atoms with van der Waals surface area (Å²) in [6.45, 7) is 2.93. The molecule has 0 aromatic heterocycles. The van der Waals surface area contributed by atoms with Crippen LogP contribution in [0.25, 0.3) is 0 Å². The van der Waals surface area contributed by atoms with Gasteiger partial charge in [-0.05, 0) is 7.05 Å². The molecule has 1 aliphatic rings. The van der Waals surface area contributed by atoms with E-state index in [0.717, 1.165) is 0 Å². The summed E-state index contributed by atoms with van der Waals surface area (Å²) < 4.78 is 0. The van der Waals surface area contributed by atoms with Crippen LogP contribution in [-0.2, 0) is 0 Å². The fraction of sp³-hybridized carbons (Fsp3) is 0.800. The lowest BCUT2D eigenvalue weighted by Gasteiger charge is -2.24. The van der Waals surface area contributed by atoms with Crippen LogP contribution in [0.2, 0.25) is 0 Å². The Labute approximate surface area is 59.2 Å². The Morgan fingerprint density at radius 1 is 1.90 bits per heavy atom. The minimum Gasteiger partial charge on any atom is -0.293 e. The molecule has 10 heavy (non-hydrogen) atoms. The molecule has 0 aromatic carbocycles. The van der Waals surface area contributed by atoms with Gasteiger partial charge in [0.15, 0.2) is 0 Å². The fourth-order valence-corrected chi connectivity index (χ4v) is 0.898. The zero-order valence-electron chi connectivity index (χ0n) is 5.78. The first-order valence-electron chi connectivity index (χ1n) is 3.10. The van der Waals surface area contributed by atoms with Crippen LogP contribution in [0.5, 0.6) is 0 Å². The van der Waals surface area contributed by atoms with E-state index in [1.54, 1.807) is 0 Å². The Balaban J connectivity index is 2.39. The largest absolute Gasteiger partial charge is 0.293 e. The maximum absolute atomic E-state index is 10.2. The van der Waals surface area contributed by atoms with E-state index in [1.165, 1.54) is 0 Å². The van der Waals surface area contributed by atoms with Gasteiger partial charge < -0.3 is 0 Å². The first kappa shape index (κ1) is 7.43. The molecule has 1 N–H and O–H groups in total. The monoisotopic (exact) mass is 144 g/mol. The number of nitrogens with zero attached hydrogens (tertiary/aromatic N) is 2. The third kappa shape index (κ3) is 1.65. The first-order valence-corrected chi connectivity index (χ1v) is 3.10. The van der Waals surface area contributed by atoms with Crippen LogP contribution in [0.15, 0.2) is 0 Å². The Morgan fingerprint density at radius 3 is 3.00 bits per heavy atom. The topological polar surface area (TPSA) is 58.4 Å². The van der Waals surface area contributed by atoms with E-state index in [4.69, 9.17) is 0 Å². The molecule has 1 saturated heterocycles. The van der Waals surface area contributed by atoms with Crippen molar-refractivity contribution in [2.24, 2.45) is 0 Å². The second kappa shape index (κ2) is 2.94. The van der Waals surface area contributed by atoms with Crippen molar-refractivity contribution in [1.29, 1.82) is 0 Å². The van der Waals surface area contributed by atoms with Gasteiger partial charge in [-0.1, -0.05) is 0 Å². The molecular formula is C5H10N3O2. The average Bonchev–Trinajstić information content (AvgIpc) is 1.88.